The standard InChI is InChI=1S/C21H42O3/c1-2-3-4-5-6-7-8-9-10-11-12-13-14-15-16-17-18-24-20-21(23)19-22/h16-17,21-23H,2-15,18-20H2,1H3/b17-16+/t21-/m0/s1. The molecule has 0 aromatic heterocycles. The van der Waals surface area contributed by atoms with Crippen molar-refractivity contribution in [2.45, 2.75) is 103 Å². The van der Waals surface area contributed by atoms with Crippen molar-refractivity contribution >= 4 is 0 Å². The molecule has 0 aromatic rings. The summed E-state index contributed by atoms with van der Waals surface area (Å²) in [5.41, 5.74) is 0. The van der Waals surface area contributed by atoms with E-state index in [0.717, 1.165) is 6.42 Å². The first-order chi connectivity index (χ1) is 11.8. The molecule has 144 valence electrons. The zero-order chi connectivity index (χ0) is 17.7. The Morgan fingerprint density at radius 3 is 1.75 bits per heavy atom. The van der Waals surface area contributed by atoms with Crippen LogP contribution in [0.5, 0.6) is 0 Å². The predicted octanol–water partition coefficient (Wildman–Crippen LogP) is 5.39. The molecule has 0 aliphatic heterocycles. The molecular formula is C21H42O3. The predicted molar refractivity (Wildman–Crippen MR) is 103 cm³/mol. The highest BCUT2D eigenvalue weighted by atomic mass is 16.5. The van der Waals surface area contributed by atoms with Crippen molar-refractivity contribution in [1.82, 2.24) is 0 Å². The first-order valence-corrected chi connectivity index (χ1v) is 10.3. The Kier molecular flexibility index (Phi) is 20.3. The maximum Gasteiger partial charge on any atom is 0.100 e. The molecule has 0 radical (unpaired) electrons. The molecule has 2 N–H and O–H groups in total. The number of aliphatic hydroxyl groups is 2. The molecule has 0 saturated carbocycles. The summed E-state index contributed by atoms with van der Waals surface area (Å²) < 4.78 is 5.21. The molecule has 0 unspecified atom stereocenters. The molecule has 0 spiro atoms. The van der Waals surface area contributed by atoms with Crippen LogP contribution in [0.25, 0.3) is 0 Å². The van der Waals surface area contributed by atoms with Gasteiger partial charge in [-0.2, -0.15) is 0 Å². The van der Waals surface area contributed by atoms with Gasteiger partial charge in [0.2, 0.25) is 0 Å². The number of hydrogen-bond acceptors (Lipinski definition) is 3. The van der Waals surface area contributed by atoms with E-state index in [0.29, 0.717) is 6.61 Å². The van der Waals surface area contributed by atoms with Crippen molar-refractivity contribution in [3.63, 3.8) is 0 Å². The minimum atomic E-state index is -0.751. The van der Waals surface area contributed by atoms with Gasteiger partial charge >= 0.3 is 0 Å². The SMILES string of the molecule is CCCCCCCCCCCCCCC/C=C/COC[C@@H](O)CO. The summed E-state index contributed by atoms with van der Waals surface area (Å²) >= 11 is 0. The maximum absolute atomic E-state index is 9.09. The van der Waals surface area contributed by atoms with Crippen LogP contribution in [-0.4, -0.2) is 36.1 Å². The average Bonchev–Trinajstić information content (AvgIpc) is 2.60. The summed E-state index contributed by atoms with van der Waals surface area (Å²) in [5, 5.41) is 17.7. The second-order valence-electron chi connectivity index (χ2n) is 6.88. The second-order valence-corrected chi connectivity index (χ2v) is 6.88. The van der Waals surface area contributed by atoms with Crippen molar-refractivity contribution in [3.8, 4) is 0 Å². The minimum Gasteiger partial charge on any atom is -0.394 e. The van der Waals surface area contributed by atoms with Crippen LogP contribution in [-0.2, 0) is 4.74 Å². The summed E-state index contributed by atoms with van der Waals surface area (Å²) in [6.07, 6.45) is 22.6. The van der Waals surface area contributed by atoms with Gasteiger partial charge in [-0.05, 0) is 12.8 Å². The van der Waals surface area contributed by atoms with Gasteiger partial charge in [-0.3, -0.25) is 0 Å². The van der Waals surface area contributed by atoms with Crippen LogP contribution in [0.2, 0.25) is 0 Å². The number of rotatable bonds is 19. The van der Waals surface area contributed by atoms with Crippen LogP contribution >= 0.6 is 0 Å². The van der Waals surface area contributed by atoms with E-state index in [2.05, 4.69) is 13.0 Å². The molecule has 0 heterocycles. The van der Waals surface area contributed by atoms with E-state index >= 15 is 0 Å². The molecule has 0 aliphatic carbocycles. The molecule has 3 nitrogen and oxygen atoms in total. The van der Waals surface area contributed by atoms with E-state index in [-0.39, 0.29) is 13.2 Å². The first kappa shape index (κ1) is 23.6. The molecule has 3 heteroatoms. The smallest absolute Gasteiger partial charge is 0.100 e. The van der Waals surface area contributed by atoms with Gasteiger partial charge in [0.1, 0.15) is 6.10 Å². The van der Waals surface area contributed by atoms with E-state index in [4.69, 9.17) is 14.9 Å². The molecule has 0 aliphatic rings. The quantitative estimate of drug-likeness (QED) is 0.244. The third-order valence-corrected chi connectivity index (χ3v) is 4.38. The maximum atomic E-state index is 9.09. The Bertz CT molecular complexity index is 253. The summed E-state index contributed by atoms with van der Waals surface area (Å²) in [6.45, 7) is 2.77. The Morgan fingerprint density at radius 1 is 0.750 bits per heavy atom. The zero-order valence-corrected chi connectivity index (χ0v) is 16.1. The normalized spacial score (nSPS) is 13.0. The zero-order valence-electron chi connectivity index (χ0n) is 16.1. The molecule has 1 atom stereocenters. The highest BCUT2D eigenvalue weighted by molar-refractivity contribution is 4.81. The fourth-order valence-electron chi connectivity index (χ4n) is 2.79. The van der Waals surface area contributed by atoms with Crippen LogP contribution in [0.15, 0.2) is 12.2 Å². The largest absolute Gasteiger partial charge is 0.394 e. The lowest BCUT2D eigenvalue weighted by Gasteiger charge is -2.05. The van der Waals surface area contributed by atoms with E-state index in [1.54, 1.807) is 0 Å². The Labute approximate surface area is 150 Å². The molecular weight excluding hydrogens is 300 g/mol. The third kappa shape index (κ3) is 19.7. The number of aliphatic hydroxyl groups excluding tert-OH is 2. The van der Waals surface area contributed by atoms with E-state index in [1.807, 2.05) is 6.08 Å². The fraction of sp³-hybridized carbons (Fsp3) is 0.905. The van der Waals surface area contributed by atoms with Crippen molar-refractivity contribution in [3.05, 3.63) is 12.2 Å². The summed E-state index contributed by atoms with van der Waals surface area (Å²) in [7, 11) is 0. The number of hydrogen-bond donors (Lipinski definition) is 2. The van der Waals surface area contributed by atoms with Gasteiger partial charge < -0.3 is 14.9 Å². The minimum absolute atomic E-state index is 0.208. The summed E-state index contributed by atoms with van der Waals surface area (Å²) in [5.74, 6) is 0. The Hall–Kier alpha value is -0.380. The van der Waals surface area contributed by atoms with Crippen molar-refractivity contribution in [2.75, 3.05) is 19.8 Å². The summed E-state index contributed by atoms with van der Waals surface area (Å²) in [4.78, 5) is 0. The Balaban J connectivity index is 3.07. The van der Waals surface area contributed by atoms with Gasteiger partial charge in [0.05, 0.1) is 19.8 Å². The Morgan fingerprint density at radius 2 is 1.25 bits per heavy atom. The lowest BCUT2D eigenvalue weighted by Crippen LogP contribution is -2.19. The number of unbranched alkanes of at least 4 members (excludes halogenated alkanes) is 13. The van der Waals surface area contributed by atoms with Gasteiger partial charge in [0, 0.05) is 0 Å². The molecule has 0 fully saturated rings. The van der Waals surface area contributed by atoms with Crippen molar-refractivity contribution < 1.29 is 14.9 Å². The molecule has 0 bridgehead atoms. The fourth-order valence-corrected chi connectivity index (χ4v) is 2.79. The van der Waals surface area contributed by atoms with Crippen molar-refractivity contribution in [2.24, 2.45) is 0 Å². The third-order valence-electron chi connectivity index (χ3n) is 4.38. The van der Waals surface area contributed by atoms with Crippen LogP contribution in [0.3, 0.4) is 0 Å². The molecule has 24 heavy (non-hydrogen) atoms. The van der Waals surface area contributed by atoms with Gasteiger partial charge in [-0.1, -0.05) is 96.1 Å². The second kappa shape index (κ2) is 20.7. The van der Waals surface area contributed by atoms with Gasteiger partial charge in [-0.25, -0.2) is 0 Å². The summed E-state index contributed by atoms with van der Waals surface area (Å²) in [6, 6.07) is 0. The van der Waals surface area contributed by atoms with Gasteiger partial charge in [0.15, 0.2) is 0 Å². The van der Waals surface area contributed by atoms with Crippen LogP contribution in [0.1, 0.15) is 96.8 Å². The van der Waals surface area contributed by atoms with Crippen molar-refractivity contribution in [1.29, 1.82) is 0 Å². The van der Waals surface area contributed by atoms with E-state index in [1.165, 1.54) is 83.5 Å². The van der Waals surface area contributed by atoms with Gasteiger partial charge in [-0.15, -0.1) is 0 Å². The lowest BCUT2D eigenvalue weighted by atomic mass is 10.0. The van der Waals surface area contributed by atoms with Crippen LogP contribution < -0.4 is 0 Å². The highest BCUT2D eigenvalue weighted by Gasteiger charge is 1.99. The first-order valence-electron chi connectivity index (χ1n) is 10.3. The van der Waals surface area contributed by atoms with Crippen LogP contribution in [0, 0.1) is 0 Å². The van der Waals surface area contributed by atoms with E-state index < -0.39 is 6.10 Å². The van der Waals surface area contributed by atoms with Crippen LogP contribution in [0.4, 0.5) is 0 Å². The molecule has 0 saturated heterocycles. The molecule has 0 aromatic carbocycles. The average molecular weight is 343 g/mol. The number of allylic oxidation sites excluding steroid dienone is 1. The highest BCUT2D eigenvalue weighted by Crippen LogP contribution is 2.12. The van der Waals surface area contributed by atoms with E-state index in [9.17, 15) is 0 Å². The molecule has 0 rings (SSSR count). The topological polar surface area (TPSA) is 49.7 Å². The van der Waals surface area contributed by atoms with Gasteiger partial charge in [0.25, 0.3) is 0 Å². The monoisotopic (exact) mass is 342 g/mol. The number of ether oxygens (including phenoxy) is 1. The molecule has 0 amide bonds. The lowest BCUT2D eigenvalue weighted by molar-refractivity contribution is 0.0149.